The van der Waals surface area contributed by atoms with Crippen LogP contribution in [0.5, 0.6) is 11.5 Å². The van der Waals surface area contributed by atoms with Crippen molar-refractivity contribution in [1.29, 1.82) is 0 Å². The second-order valence-corrected chi connectivity index (χ2v) is 14.0. The van der Waals surface area contributed by atoms with Crippen molar-refractivity contribution in [2.24, 2.45) is 0 Å². The van der Waals surface area contributed by atoms with Gasteiger partial charge in [0.25, 0.3) is 0 Å². The summed E-state index contributed by atoms with van der Waals surface area (Å²) in [4.78, 5) is 4.73. The van der Waals surface area contributed by atoms with Gasteiger partial charge >= 0.3 is 20.4 Å². The number of benzene rings is 4. The number of aromatic nitrogens is 4. The maximum absolute atomic E-state index is 6.64. The van der Waals surface area contributed by atoms with Gasteiger partial charge in [0.05, 0.1) is 11.4 Å². The monoisotopic (exact) mass is 750 g/mol. The molecule has 0 spiro atoms. The molecule has 256 valence electrons. The van der Waals surface area contributed by atoms with Crippen LogP contribution in [0.4, 0.5) is 0 Å². The number of nitrogens with zero attached hydrogens (tertiary/aromatic N) is 4. The third-order valence-corrected chi connectivity index (χ3v) is 9.40. The molecule has 0 saturated heterocycles. The molecule has 0 N–H and O–H groups in total. The van der Waals surface area contributed by atoms with Crippen molar-refractivity contribution in [2.45, 2.75) is 80.6 Å². The smallest absolute Gasteiger partial charge is 0.509 e. The summed E-state index contributed by atoms with van der Waals surface area (Å²) in [6.45, 7) is 19.9. The standard InChI is InChI=1S/C44H44N4O.Pd/c1-10-32-22-33(48-44(27(4)5)42(43(46-48)26(2)3)41-30(8)19-29(7)20-31(41)9)24-35(23-32)49-34-15-16-37-36-13-11-12-14-38(36)47(39(37)25-34)40-21-28(6)17-18-45-40;/h11-23,26-27H,10H2,1-9H3;/q-2;+2. The average molecular weight is 751 g/mol. The Kier molecular flexibility index (Phi) is 9.91. The number of rotatable bonds is 8. The summed E-state index contributed by atoms with van der Waals surface area (Å²) < 4.78 is 10.9. The quantitative estimate of drug-likeness (QED) is 0.115. The van der Waals surface area contributed by atoms with E-state index in [0.29, 0.717) is 11.5 Å². The van der Waals surface area contributed by atoms with E-state index in [1.165, 1.54) is 33.5 Å². The predicted molar refractivity (Wildman–Crippen MR) is 202 cm³/mol. The molecule has 7 aromatic rings. The summed E-state index contributed by atoms with van der Waals surface area (Å²) in [6, 6.07) is 32.7. The van der Waals surface area contributed by atoms with E-state index in [0.717, 1.165) is 56.6 Å². The van der Waals surface area contributed by atoms with E-state index in [1.807, 2.05) is 18.3 Å². The van der Waals surface area contributed by atoms with Crippen molar-refractivity contribution < 1.29 is 25.2 Å². The molecule has 0 unspecified atom stereocenters. The molecule has 6 heteroatoms. The van der Waals surface area contributed by atoms with E-state index in [4.69, 9.17) is 14.8 Å². The van der Waals surface area contributed by atoms with E-state index in [-0.39, 0.29) is 32.3 Å². The van der Waals surface area contributed by atoms with E-state index in [9.17, 15) is 0 Å². The molecule has 3 heterocycles. The van der Waals surface area contributed by atoms with E-state index in [2.05, 4.69) is 144 Å². The average Bonchev–Trinajstić information content (AvgIpc) is 3.61. The number of ether oxygens (including phenoxy) is 1. The number of hydrogen-bond acceptors (Lipinski definition) is 3. The van der Waals surface area contributed by atoms with Gasteiger partial charge < -0.3 is 9.30 Å². The van der Waals surface area contributed by atoms with Crippen molar-refractivity contribution in [3.8, 4) is 34.1 Å². The first-order chi connectivity index (χ1) is 23.5. The SMILES string of the molecule is CCc1cc(Oc2[c-]c3c(cc2)c2ccccc2n3-c2cc(C)ccn2)[c-]c(-n2nc(C(C)C)c(-c3c(C)cc(C)cc3C)c2C(C)C)c1.[Pd+2]. The molecule has 50 heavy (non-hydrogen) atoms. The van der Waals surface area contributed by atoms with Crippen LogP contribution in [-0.2, 0) is 26.8 Å². The molecule has 0 aliphatic rings. The van der Waals surface area contributed by atoms with Gasteiger partial charge in [0.1, 0.15) is 5.82 Å². The van der Waals surface area contributed by atoms with Crippen LogP contribution in [0, 0.1) is 39.8 Å². The first-order valence-corrected chi connectivity index (χ1v) is 17.4. The minimum Gasteiger partial charge on any atom is -0.509 e. The molecule has 4 aromatic carbocycles. The van der Waals surface area contributed by atoms with Gasteiger partial charge in [0.2, 0.25) is 0 Å². The molecular weight excluding hydrogens is 707 g/mol. The van der Waals surface area contributed by atoms with Gasteiger partial charge in [-0.05, 0) is 91.1 Å². The summed E-state index contributed by atoms with van der Waals surface area (Å²) in [7, 11) is 0. The first kappa shape index (κ1) is 35.3. The Labute approximate surface area is 310 Å². The van der Waals surface area contributed by atoms with Crippen LogP contribution >= 0.6 is 0 Å². The van der Waals surface area contributed by atoms with Crippen LogP contribution < -0.4 is 4.74 Å². The van der Waals surface area contributed by atoms with Crippen LogP contribution in [0.3, 0.4) is 0 Å². The van der Waals surface area contributed by atoms with Gasteiger partial charge in [-0.3, -0.25) is 4.68 Å². The number of aryl methyl sites for hydroxylation is 5. The van der Waals surface area contributed by atoms with Gasteiger partial charge in [0.15, 0.2) is 0 Å². The molecule has 0 radical (unpaired) electrons. The zero-order chi connectivity index (χ0) is 34.6. The molecule has 0 bridgehead atoms. The van der Waals surface area contributed by atoms with Crippen LogP contribution in [-0.4, -0.2) is 19.3 Å². The number of hydrogen-bond donors (Lipinski definition) is 0. The Bertz CT molecular complexity index is 2340. The van der Waals surface area contributed by atoms with Crippen molar-refractivity contribution in [2.75, 3.05) is 0 Å². The Morgan fingerprint density at radius 2 is 1.48 bits per heavy atom. The van der Waals surface area contributed by atoms with Gasteiger partial charge in [0, 0.05) is 28.8 Å². The van der Waals surface area contributed by atoms with Crippen molar-refractivity contribution >= 4 is 21.8 Å². The second kappa shape index (κ2) is 14.0. The molecule has 0 aliphatic heterocycles. The minimum absolute atomic E-state index is 0. The largest absolute Gasteiger partial charge is 2.00 e. The molecule has 5 nitrogen and oxygen atoms in total. The van der Waals surface area contributed by atoms with Gasteiger partial charge in [-0.25, -0.2) is 4.98 Å². The second-order valence-electron chi connectivity index (χ2n) is 14.0. The summed E-state index contributed by atoms with van der Waals surface area (Å²) in [5, 5.41) is 7.59. The van der Waals surface area contributed by atoms with Crippen LogP contribution in [0.1, 0.15) is 85.7 Å². The van der Waals surface area contributed by atoms with Gasteiger partial charge in [-0.1, -0.05) is 82.5 Å². The van der Waals surface area contributed by atoms with Crippen molar-refractivity contribution in [3.05, 3.63) is 130 Å². The molecule has 7 rings (SSSR count). The fourth-order valence-electron chi connectivity index (χ4n) is 7.29. The number of fused-ring (bicyclic) bond motifs is 3. The van der Waals surface area contributed by atoms with E-state index in [1.54, 1.807) is 0 Å². The van der Waals surface area contributed by atoms with Crippen molar-refractivity contribution in [3.63, 3.8) is 0 Å². The fraction of sp³-hybridized carbons (Fsp3) is 0.273. The molecule has 0 aliphatic carbocycles. The maximum Gasteiger partial charge on any atom is 2.00 e. The first-order valence-electron chi connectivity index (χ1n) is 17.4. The minimum atomic E-state index is 0. The predicted octanol–water partition coefficient (Wildman–Crippen LogP) is 11.5. The van der Waals surface area contributed by atoms with E-state index >= 15 is 0 Å². The summed E-state index contributed by atoms with van der Waals surface area (Å²) in [5.41, 5.74) is 13.9. The number of para-hydroxylation sites is 1. The van der Waals surface area contributed by atoms with Crippen LogP contribution in [0.25, 0.3) is 44.4 Å². The molecule has 0 atom stereocenters. The summed E-state index contributed by atoms with van der Waals surface area (Å²) >= 11 is 0. The maximum atomic E-state index is 6.64. The Morgan fingerprint density at radius 3 is 2.16 bits per heavy atom. The molecular formula is C44H44N4OPd. The zero-order valence-electron chi connectivity index (χ0n) is 30.4. The van der Waals surface area contributed by atoms with Crippen LogP contribution in [0.15, 0.2) is 79.0 Å². The Balaban J connectivity index is 0.00000432. The van der Waals surface area contributed by atoms with Crippen molar-refractivity contribution in [1.82, 2.24) is 19.3 Å². The van der Waals surface area contributed by atoms with Crippen LogP contribution in [0.2, 0.25) is 0 Å². The third kappa shape index (κ3) is 6.32. The summed E-state index contributed by atoms with van der Waals surface area (Å²) in [6.07, 6.45) is 2.71. The fourth-order valence-corrected chi connectivity index (χ4v) is 7.29. The van der Waals surface area contributed by atoms with Gasteiger partial charge in [-0.15, -0.1) is 35.7 Å². The Morgan fingerprint density at radius 1 is 0.740 bits per heavy atom. The summed E-state index contributed by atoms with van der Waals surface area (Å²) in [5.74, 6) is 2.60. The zero-order valence-corrected chi connectivity index (χ0v) is 31.9. The van der Waals surface area contributed by atoms with E-state index < -0.39 is 0 Å². The number of pyridine rings is 1. The topological polar surface area (TPSA) is 44.9 Å². The third-order valence-electron chi connectivity index (χ3n) is 9.40. The molecule has 3 aromatic heterocycles. The normalized spacial score (nSPS) is 11.6. The molecule has 0 fully saturated rings. The Hall–Kier alpha value is -4.50. The van der Waals surface area contributed by atoms with Gasteiger partial charge in [-0.2, -0.15) is 16.7 Å². The molecule has 0 saturated carbocycles. The molecule has 0 amide bonds.